The van der Waals surface area contributed by atoms with E-state index >= 15 is 0 Å². The number of amides is 2. The summed E-state index contributed by atoms with van der Waals surface area (Å²) >= 11 is 4.30. The highest BCUT2D eigenvalue weighted by Gasteiger charge is 2.35. The molecule has 29 heavy (non-hydrogen) atoms. The Morgan fingerprint density at radius 1 is 1.17 bits per heavy atom. The van der Waals surface area contributed by atoms with Gasteiger partial charge < -0.3 is 9.47 Å². The molecule has 3 rings (SSSR count). The molecule has 0 bridgehead atoms. The van der Waals surface area contributed by atoms with Gasteiger partial charge in [0.1, 0.15) is 6.07 Å². The quantitative estimate of drug-likeness (QED) is 0.528. The third-order valence-electron chi connectivity index (χ3n) is 3.96. The van der Waals surface area contributed by atoms with E-state index in [4.69, 9.17) is 14.7 Å². The van der Waals surface area contributed by atoms with E-state index in [-0.39, 0.29) is 24.3 Å². The molecule has 1 aliphatic rings. The first-order chi connectivity index (χ1) is 14.0. The fourth-order valence-electron chi connectivity index (χ4n) is 2.72. The molecule has 0 atom stereocenters. The smallest absolute Gasteiger partial charge is 0.293 e. The van der Waals surface area contributed by atoms with Gasteiger partial charge in [0, 0.05) is 4.47 Å². The Bertz CT molecular complexity index is 1020. The second kappa shape index (κ2) is 9.63. The van der Waals surface area contributed by atoms with Crippen LogP contribution in [-0.4, -0.2) is 29.3 Å². The monoisotopic (exact) mass is 472 g/mol. The third kappa shape index (κ3) is 5.19. The van der Waals surface area contributed by atoms with E-state index in [1.165, 1.54) is 4.90 Å². The summed E-state index contributed by atoms with van der Waals surface area (Å²) in [7, 11) is 0. The number of carbonyl (C=O) groups is 2. The van der Waals surface area contributed by atoms with Crippen molar-refractivity contribution in [2.75, 3.05) is 13.2 Å². The zero-order valence-corrected chi connectivity index (χ0v) is 18.0. The molecule has 2 aromatic rings. The number of imide groups is 1. The Kier molecular flexibility index (Phi) is 6.96. The Balaban J connectivity index is 1.81. The molecule has 0 radical (unpaired) electrons. The number of thioether (sulfide) groups is 1. The van der Waals surface area contributed by atoms with Crippen LogP contribution in [0.5, 0.6) is 11.5 Å². The molecule has 1 heterocycles. The van der Waals surface area contributed by atoms with Gasteiger partial charge in [-0.25, -0.2) is 0 Å². The van der Waals surface area contributed by atoms with Crippen molar-refractivity contribution in [1.29, 1.82) is 5.26 Å². The van der Waals surface area contributed by atoms with Crippen molar-refractivity contribution in [3.8, 4) is 17.6 Å². The molecule has 0 spiro atoms. The molecule has 0 aromatic heterocycles. The van der Waals surface area contributed by atoms with Crippen molar-refractivity contribution in [1.82, 2.24) is 4.90 Å². The Morgan fingerprint density at radius 2 is 2.00 bits per heavy atom. The van der Waals surface area contributed by atoms with Gasteiger partial charge in [0.05, 0.1) is 18.1 Å². The predicted molar refractivity (Wildman–Crippen MR) is 114 cm³/mol. The lowest BCUT2D eigenvalue weighted by atomic mass is 10.1. The van der Waals surface area contributed by atoms with Gasteiger partial charge in [-0.2, -0.15) is 5.26 Å². The van der Waals surface area contributed by atoms with Gasteiger partial charge in [-0.15, -0.1) is 0 Å². The summed E-state index contributed by atoms with van der Waals surface area (Å²) in [5, 5.41) is 8.38. The molecule has 0 N–H and O–H groups in total. The SMILES string of the molecule is CCOc1cc(/C=C2\SC(=O)N(Cc3cccc(Br)c3)C2=O)ccc1OCC#N. The van der Waals surface area contributed by atoms with E-state index in [9.17, 15) is 9.59 Å². The summed E-state index contributed by atoms with van der Waals surface area (Å²) in [6.45, 7) is 2.39. The largest absolute Gasteiger partial charge is 0.490 e. The predicted octanol–water partition coefficient (Wildman–Crippen LogP) is 4.99. The first-order valence-corrected chi connectivity index (χ1v) is 10.4. The van der Waals surface area contributed by atoms with Crippen LogP contribution in [0.15, 0.2) is 51.8 Å². The Morgan fingerprint density at radius 3 is 2.72 bits per heavy atom. The molecule has 2 amide bonds. The van der Waals surface area contributed by atoms with Crippen molar-refractivity contribution in [3.05, 3.63) is 63.0 Å². The van der Waals surface area contributed by atoms with E-state index in [1.807, 2.05) is 37.3 Å². The maximum Gasteiger partial charge on any atom is 0.293 e. The summed E-state index contributed by atoms with van der Waals surface area (Å²) in [5.41, 5.74) is 1.56. The number of hydrogen-bond donors (Lipinski definition) is 0. The lowest BCUT2D eigenvalue weighted by molar-refractivity contribution is -0.123. The summed E-state index contributed by atoms with van der Waals surface area (Å²) < 4.78 is 11.8. The van der Waals surface area contributed by atoms with E-state index in [2.05, 4.69) is 15.9 Å². The number of nitriles is 1. The van der Waals surface area contributed by atoms with Crippen LogP contribution < -0.4 is 9.47 Å². The average Bonchev–Trinajstić information content (AvgIpc) is 2.95. The third-order valence-corrected chi connectivity index (χ3v) is 5.36. The molecule has 148 valence electrons. The molecular weight excluding hydrogens is 456 g/mol. The lowest BCUT2D eigenvalue weighted by Gasteiger charge is -2.12. The van der Waals surface area contributed by atoms with Gasteiger partial charge in [0.15, 0.2) is 18.1 Å². The molecule has 1 fully saturated rings. The van der Waals surface area contributed by atoms with E-state index < -0.39 is 0 Å². The van der Waals surface area contributed by atoms with Crippen LogP contribution in [0.1, 0.15) is 18.1 Å². The maximum atomic E-state index is 12.7. The zero-order valence-electron chi connectivity index (χ0n) is 15.6. The molecule has 0 saturated carbocycles. The van der Waals surface area contributed by atoms with Crippen LogP contribution in [0.3, 0.4) is 0 Å². The van der Waals surface area contributed by atoms with Crippen molar-refractivity contribution < 1.29 is 19.1 Å². The molecule has 1 aliphatic heterocycles. The van der Waals surface area contributed by atoms with Crippen LogP contribution in [0, 0.1) is 11.3 Å². The van der Waals surface area contributed by atoms with Gasteiger partial charge in [-0.3, -0.25) is 14.5 Å². The number of halogens is 1. The molecule has 0 unspecified atom stereocenters. The minimum absolute atomic E-state index is 0.0894. The summed E-state index contributed by atoms with van der Waals surface area (Å²) in [6, 6.07) is 14.6. The minimum Gasteiger partial charge on any atom is -0.490 e. The Labute approximate surface area is 181 Å². The first-order valence-electron chi connectivity index (χ1n) is 8.78. The highest BCUT2D eigenvalue weighted by molar-refractivity contribution is 9.10. The molecule has 0 aliphatic carbocycles. The Hall–Kier alpha value is -2.76. The van der Waals surface area contributed by atoms with Gasteiger partial charge in [0.2, 0.25) is 0 Å². The molecule has 8 heteroatoms. The van der Waals surface area contributed by atoms with Crippen LogP contribution in [0.4, 0.5) is 4.79 Å². The number of rotatable bonds is 7. The summed E-state index contributed by atoms with van der Waals surface area (Å²) in [4.78, 5) is 26.7. The van der Waals surface area contributed by atoms with Crippen LogP contribution in [-0.2, 0) is 11.3 Å². The van der Waals surface area contributed by atoms with Crippen molar-refractivity contribution in [3.63, 3.8) is 0 Å². The van der Waals surface area contributed by atoms with Crippen molar-refractivity contribution in [2.24, 2.45) is 0 Å². The van der Waals surface area contributed by atoms with Crippen LogP contribution in [0.2, 0.25) is 0 Å². The number of ether oxygens (including phenoxy) is 2. The van der Waals surface area contributed by atoms with E-state index in [0.717, 1.165) is 21.8 Å². The molecule has 2 aromatic carbocycles. The molecular formula is C21H17BrN2O4S. The van der Waals surface area contributed by atoms with Crippen LogP contribution in [0.25, 0.3) is 6.08 Å². The van der Waals surface area contributed by atoms with Crippen molar-refractivity contribution >= 4 is 44.9 Å². The number of benzene rings is 2. The summed E-state index contributed by atoms with van der Waals surface area (Å²) in [6.07, 6.45) is 1.66. The number of hydrogen-bond acceptors (Lipinski definition) is 6. The second-order valence-electron chi connectivity index (χ2n) is 5.98. The topological polar surface area (TPSA) is 79.6 Å². The van der Waals surface area contributed by atoms with E-state index in [0.29, 0.717) is 28.6 Å². The summed E-state index contributed by atoms with van der Waals surface area (Å²) in [5.74, 6) is 0.598. The minimum atomic E-state index is -0.331. The van der Waals surface area contributed by atoms with Crippen LogP contribution >= 0.6 is 27.7 Å². The number of nitrogens with zero attached hydrogens (tertiary/aromatic N) is 2. The van der Waals surface area contributed by atoms with Gasteiger partial charge in [0.25, 0.3) is 11.1 Å². The van der Waals surface area contributed by atoms with Crippen molar-refractivity contribution in [2.45, 2.75) is 13.5 Å². The van der Waals surface area contributed by atoms with Gasteiger partial charge in [-0.05, 0) is 60.2 Å². The zero-order chi connectivity index (χ0) is 20.8. The second-order valence-corrected chi connectivity index (χ2v) is 7.89. The fourth-order valence-corrected chi connectivity index (χ4v) is 4.00. The fraction of sp³-hybridized carbons (Fsp3) is 0.190. The molecule has 6 nitrogen and oxygen atoms in total. The first kappa shape index (κ1) is 21.0. The van der Waals surface area contributed by atoms with Gasteiger partial charge in [-0.1, -0.05) is 34.1 Å². The average molecular weight is 473 g/mol. The highest BCUT2D eigenvalue weighted by atomic mass is 79.9. The maximum absolute atomic E-state index is 12.7. The van der Waals surface area contributed by atoms with E-state index in [1.54, 1.807) is 24.3 Å². The highest BCUT2D eigenvalue weighted by Crippen LogP contribution is 2.35. The van der Waals surface area contributed by atoms with Gasteiger partial charge >= 0.3 is 0 Å². The number of carbonyl (C=O) groups excluding carboxylic acids is 2. The lowest BCUT2D eigenvalue weighted by Crippen LogP contribution is -2.27. The standard InChI is InChI=1S/C21H17BrN2O4S/c1-2-27-18-11-14(6-7-17(18)28-9-8-23)12-19-20(25)24(21(26)29-19)13-15-4-3-5-16(22)10-15/h3-7,10-12H,2,9,13H2,1H3/b19-12-. The molecule has 1 saturated heterocycles. The normalized spacial score (nSPS) is 14.9.